The van der Waals surface area contributed by atoms with E-state index in [1.54, 1.807) is 4.68 Å². The van der Waals surface area contributed by atoms with Gasteiger partial charge in [-0.2, -0.15) is 5.10 Å². The summed E-state index contributed by atoms with van der Waals surface area (Å²) in [6.45, 7) is 5.68. The largest absolute Gasteiger partial charge is 0.389 e. The van der Waals surface area contributed by atoms with E-state index in [1.807, 2.05) is 19.2 Å². The van der Waals surface area contributed by atoms with Gasteiger partial charge < -0.3 is 15.2 Å². The van der Waals surface area contributed by atoms with Crippen LogP contribution < -0.4 is 5.32 Å². The highest BCUT2D eigenvalue weighted by Gasteiger charge is 2.35. The zero-order chi connectivity index (χ0) is 17.6. The number of carbonyl (C=O) groups is 1. The molecule has 0 aromatic carbocycles. The molecule has 1 saturated heterocycles. The molecule has 0 unspecified atom stereocenters. The summed E-state index contributed by atoms with van der Waals surface area (Å²) in [5.74, 6) is -0.0140. The number of ether oxygens (including phenoxy) is 1. The molecule has 2 N–H and O–H groups in total. The predicted octanol–water partition coefficient (Wildman–Crippen LogP) is 0.702. The van der Waals surface area contributed by atoms with E-state index >= 15 is 0 Å². The van der Waals surface area contributed by atoms with E-state index in [0.29, 0.717) is 13.0 Å². The van der Waals surface area contributed by atoms with Crippen molar-refractivity contribution in [3.8, 4) is 0 Å². The summed E-state index contributed by atoms with van der Waals surface area (Å²) in [4.78, 5) is 14.7. The van der Waals surface area contributed by atoms with Gasteiger partial charge in [-0.15, -0.1) is 0 Å². The first-order valence-electron chi connectivity index (χ1n) is 9.43. The Morgan fingerprint density at radius 2 is 2.12 bits per heavy atom. The molecule has 1 amide bonds. The third-order valence-electron chi connectivity index (χ3n) is 5.27. The smallest absolute Gasteiger partial charge is 0.222 e. The van der Waals surface area contributed by atoms with Crippen LogP contribution in [0.25, 0.3) is 0 Å². The number of rotatable bonds is 5. The van der Waals surface area contributed by atoms with Crippen LogP contribution in [-0.2, 0) is 16.1 Å². The number of morpholine rings is 1. The Morgan fingerprint density at radius 3 is 2.84 bits per heavy atom. The third kappa shape index (κ3) is 5.03. The maximum Gasteiger partial charge on any atom is 0.222 e. The summed E-state index contributed by atoms with van der Waals surface area (Å²) in [5, 5.41) is 18.3. The molecule has 2 heterocycles. The molecule has 1 saturated carbocycles. The second kappa shape index (κ2) is 8.78. The van der Waals surface area contributed by atoms with Gasteiger partial charge in [0.2, 0.25) is 5.91 Å². The van der Waals surface area contributed by atoms with Crippen molar-refractivity contribution < 1.29 is 14.6 Å². The maximum atomic E-state index is 12.3. The van der Waals surface area contributed by atoms with Crippen LogP contribution in [0.2, 0.25) is 0 Å². The van der Waals surface area contributed by atoms with E-state index in [4.69, 9.17) is 4.74 Å². The highest BCUT2D eigenvalue weighted by Crippen LogP contribution is 2.24. The van der Waals surface area contributed by atoms with Gasteiger partial charge >= 0.3 is 0 Å². The fourth-order valence-electron chi connectivity index (χ4n) is 3.88. The number of hydrogen-bond donors (Lipinski definition) is 2. The Morgan fingerprint density at radius 1 is 1.36 bits per heavy atom. The lowest BCUT2D eigenvalue weighted by Gasteiger charge is -2.38. The van der Waals surface area contributed by atoms with Gasteiger partial charge in [0.15, 0.2) is 0 Å². The van der Waals surface area contributed by atoms with Crippen LogP contribution in [0.5, 0.6) is 0 Å². The van der Waals surface area contributed by atoms with Gasteiger partial charge in [-0.1, -0.05) is 12.8 Å². The maximum absolute atomic E-state index is 12.3. The van der Waals surface area contributed by atoms with E-state index in [1.165, 1.54) is 0 Å². The second-order valence-corrected chi connectivity index (χ2v) is 7.13. The summed E-state index contributed by atoms with van der Waals surface area (Å²) >= 11 is 0. The number of amides is 1. The number of nitrogens with zero attached hydrogens (tertiary/aromatic N) is 3. The topological polar surface area (TPSA) is 79.6 Å². The average molecular weight is 350 g/mol. The Kier molecular flexibility index (Phi) is 6.45. The molecule has 1 aliphatic carbocycles. The quantitative estimate of drug-likeness (QED) is 0.765. The summed E-state index contributed by atoms with van der Waals surface area (Å²) < 4.78 is 7.21. The highest BCUT2D eigenvalue weighted by molar-refractivity contribution is 5.76. The molecule has 1 aliphatic heterocycles. The van der Waals surface area contributed by atoms with E-state index in [9.17, 15) is 9.90 Å². The van der Waals surface area contributed by atoms with E-state index in [-0.39, 0.29) is 18.0 Å². The molecule has 7 heteroatoms. The number of aryl methyl sites for hydroxylation is 2. The molecule has 3 rings (SSSR count). The van der Waals surface area contributed by atoms with Crippen molar-refractivity contribution in [1.29, 1.82) is 0 Å². The second-order valence-electron chi connectivity index (χ2n) is 7.13. The van der Waals surface area contributed by atoms with Gasteiger partial charge in [0, 0.05) is 38.3 Å². The first-order valence-corrected chi connectivity index (χ1v) is 9.43. The van der Waals surface area contributed by atoms with Crippen LogP contribution in [0.4, 0.5) is 0 Å². The first kappa shape index (κ1) is 18.4. The lowest BCUT2D eigenvalue weighted by atomic mass is 9.99. The highest BCUT2D eigenvalue weighted by atomic mass is 16.5. The van der Waals surface area contributed by atoms with Crippen molar-refractivity contribution in [3.63, 3.8) is 0 Å². The number of carbonyl (C=O) groups excluding carboxylic acids is 1. The molecule has 140 valence electrons. The predicted molar refractivity (Wildman–Crippen MR) is 94.2 cm³/mol. The molecule has 1 aromatic rings. The normalized spacial score (nSPS) is 28.5. The van der Waals surface area contributed by atoms with Gasteiger partial charge in [-0.3, -0.25) is 14.4 Å². The van der Waals surface area contributed by atoms with Gasteiger partial charge in [0.25, 0.3) is 0 Å². The Hall–Kier alpha value is -1.44. The summed E-state index contributed by atoms with van der Waals surface area (Å²) in [7, 11) is 0. The number of aliphatic hydroxyl groups excluding tert-OH is 1. The minimum Gasteiger partial charge on any atom is -0.389 e. The molecule has 7 nitrogen and oxygen atoms in total. The van der Waals surface area contributed by atoms with Crippen molar-refractivity contribution in [2.45, 2.75) is 63.8 Å². The number of aromatic nitrogens is 2. The molecule has 25 heavy (non-hydrogen) atoms. The third-order valence-corrected chi connectivity index (χ3v) is 5.27. The molecular formula is C18H30N4O3. The molecule has 3 atom stereocenters. The number of aliphatic hydroxyl groups is 1. The van der Waals surface area contributed by atoms with E-state index < -0.39 is 6.10 Å². The van der Waals surface area contributed by atoms with Crippen LogP contribution in [0.15, 0.2) is 12.3 Å². The minimum atomic E-state index is -0.517. The van der Waals surface area contributed by atoms with Crippen LogP contribution in [0, 0.1) is 6.92 Å². The fourth-order valence-corrected chi connectivity index (χ4v) is 3.88. The van der Waals surface area contributed by atoms with E-state index in [2.05, 4.69) is 15.3 Å². The summed E-state index contributed by atoms with van der Waals surface area (Å²) in [6.07, 6.45) is 5.72. The monoisotopic (exact) mass is 350 g/mol. The first-order chi connectivity index (χ1) is 12.1. The average Bonchev–Trinajstić information content (AvgIpc) is 2.96. The SMILES string of the molecule is Cc1ccn(CCC(=O)N[C@@H]2CCCC[C@@H](N3CCOCC3)[C@@H]2O)n1. The molecule has 0 bridgehead atoms. The van der Waals surface area contributed by atoms with Crippen LogP contribution >= 0.6 is 0 Å². The zero-order valence-electron chi connectivity index (χ0n) is 15.1. The van der Waals surface area contributed by atoms with Crippen molar-refractivity contribution in [1.82, 2.24) is 20.0 Å². The summed E-state index contributed by atoms with van der Waals surface area (Å²) in [5.41, 5.74) is 0.952. The molecule has 2 fully saturated rings. The van der Waals surface area contributed by atoms with Crippen molar-refractivity contribution in [2.75, 3.05) is 26.3 Å². The van der Waals surface area contributed by atoms with Crippen LogP contribution in [-0.4, -0.2) is 70.2 Å². The van der Waals surface area contributed by atoms with Crippen LogP contribution in [0.1, 0.15) is 37.8 Å². The van der Waals surface area contributed by atoms with Crippen molar-refractivity contribution >= 4 is 5.91 Å². The van der Waals surface area contributed by atoms with E-state index in [0.717, 1.165) is 57.7 Å². The molecular weight excluding hydrogens is 320 g/mol. The molecule has 0 radical (unpaired) electrons. The number of nitrogens with one attached hydrogen (secondary N) is 1. The Balaban J connectivity index is 1.53. The molecule has 2 aliphatic rings. The lowest BCUT2D eigenvalue weighted by Crippen LogP contribution is -2.55. The lowest BCUT2D eigenvalue weighted by molar-refractivity contribution is -0.123. The Labute approximate surface area is 149 Å². The van der Waals surface area contributed by atoms with Crippen LogP contribution in [0.3, 0.4) is 0 Å². The van der Waals surface area contributed by atoms with Crippen molar-refractivity contribution in [2.24, 2.45) is 0 Å². The van der Waals surface area contributed by atoms with Gasteiger partial charge in [0.05, 0.1) is 31.1 Å². The standard InChI is InChI=1S/C18H30N4O3/c1-14-6-8-22(20-14)9-7-17(23)19-15-4-2-3-5-16(18(15)24)21-10-12-25-13-11-21/h6,8,15-16,18,24H,2-5,7,9-13H2,1H3,(H,19,23)/t15-,16-,18-/m1/s1. The van der Waals surface area contributed by atoms with Gasteiger partial charge in [-0.05, 0) is 25.8 Å². The number of hydrogen-bond acceptors (Lipinski definition) is 5. The minimum absolute atomic E-state index is 0.0140. The Bertz CT molecular complexity index is 556. The molecule has 1 aromatic heterocycles. The molecule has 0 spiro atoms. The summed E-state index contributed by atoms with van der Waals surface area (Å²) in [6, 6.07) is 1.88. The zero-order valence-corrected chi connectivity index (χ0v) is 15.1. The van der Waals surface area contributed by atoms with Gasteiger partial charge in [0.1, 0.15) is 0 Å². The van der Waals surface area contributed by atoms with Crippen molar-refractivity contribution in [3.05, 3.63) is 18.0 Å². The van der Waals surface area contributed by atoms with Gasteiger partial charge in [-0.25, -0.2) is 0 Å². The fraction of sp³-hybridized carbons (Fsp3) is 0.778.